The zero-order valence-corrected chi connectivity index (χ0v) is 12.2. The lowest BCUT2D eigenvalue weighted by Gasteiger charge is -2.32. The van der Waals surface area contributed by atoms with Gasteiger partial charge in [-0.3, -0.25) is 9.59 Å². The highest BCUT2D eigenvalue weighted by atomic mass is 16.5. The van der Waals surface area contributed by atoms with E-state index in [1.165, 1.54) is 7.11 Å². The minimum Gasteiger partial charge on any atom is -0.497 e. The lowest BCUT2D eigenvalue weighted by Crippen LogP contribution is -2.46. The summed E-state index contributed by atoms with van der Waals surface area (Å²) < 4.78 is 15.2. The summed E-state index contributed by atoms with van der Waals surface area (Å²) in [4.78, 5) is 25.4. The molecule has 0 radical (unpaired) electrons. The number of nitrogens with zero attached hydrogens (tertiary/aromatic N) is 1. The smallest absolute Gasteiger partial charge is 0.308 e. The molecule has 2 rings (SSSR count). The van der Waals surface area contributed by atoms with Crippen LogP contribution in [0.3, 0.4) is 0 Å². The van der Waals surface area contributed by atoms with Crippen molar-refractivity contribution >= 4 is 11.9 Å². The predicted molar refractivity (Wildman–Crippen MR) is 75.3 cm³/mol. The van der Waals surface area contributed by atoms with E-state index in [4.69, 9.17) is 9.47 Å². The molecule has 1 fully saturated rings. The van der Waals surface area contributed by atoms with Gasteiger partial charge in [0.2, 0.25) is 0 Å². The Balaban J connectivity index is 1.99. The molecule has 1 unspecified atom stereocenters. The van der Waals surface area contributed by atoms with Gasteiger partial charge < -0.3 is 19.1 Å². The van der Waals surface area contributed by atoms with Gasteiger partial charge in [-0.15, -0.1) is 0 Å². The molecule has 0 N–H and O–H groups in total. The minimum absolute atomic E-state index is 0.0733. The number of benzene rings is 1. The summed E-state index contributed by atoms with van der Waals surface area (Å²) in [5, 5.41) is 0. The normalized spacial score (nSPS) is 18.2. The van der Waals surface area contributed by atoms with E-state index in [9.17, 15) is 9.59 Å². The number of carbonyl (C=O) groups is 2. The van der Waals surface area contributed by atoms with Crippen molar-refractivity contribution in [3.8, 4) is 5.75 Å². The second-order valence-corrected chi connectivity index (χ2v) is 4.75. The van der Waals surface area contributed by atoms with Gasteiger partial charge in [0.05, 0.1) is 33.4 Å². The molecule has 6 nitrogen and oxygen atoms in total. The first-order valence-corrected chi connectivity index (χ1v) is 6.75. The van der Waals surface area contributed by atoms with Crippen LogP contribution in [0.2, 0.25) is 0 Å². The predicted octanol–water partition coefficient (Wildman–Crippen LogP) is 1.10. The first-order valence-electron chi connectivity index (χ1n) is 6.75. The van der Waals surface area contributed by atoms with Crippen LogP contribution in [0, 0.1) is 0 Å². The second kappa shape index (κ2) is 7.08. The van der Waals surface area contributed by atoms with E-state index < -0.39 is 0 Å². The summed E-state index contributed by atoms with van der Waals surface area (Å²) >= 11 is 0. The number of hydrogen-bond acceptors (Lipinski definition) is 5. The number of methoxy groups -OCH3 is 2. The Kier molecular flexibility index (Phi) is 5.16. The third kappa shape index (κ3) is 3.95. The molecule has 1 atom stereocenters. The molecular weight excluding hydrogens is 274 g/mol. The number of ether oxygens (including phenoxy) is 3. The summed E-state index contributed by atoms with van der Waals surface area (Å²) in [6, 6.07) is 6.96. The molecule has 114 valence electrons. The Labute approximate surface area is 123 Å². The fourth-order valence-electron chi connectivity index (χ4n) is 2.21. The van der Waals surface area contributed by atoms with Gasteiger partial charge >= 0.3 is 5.97 Å². The van der Waals surface area contributed by atoms with E-state index in [0.29, 0.717) is 31.0 Å². The number of morpholine rings is 1. The molecule has 1 saturated heterocycles. The first kappa shape index (κ1) is 15.3. The molecule has 1 aromatic rings. The van der Waals surface area contributed by atoms with E-state index in [1.807, 2.05) is 0 Å². The minimum atomic E-state index is -0.334. The molecule has 1 aliphatic rings. The lowest BCUT2D eigenvalue weighted by atomic mass is 10.1. The third-order valence-electron chi connectivity index (χ3n) is 3.38. The van der Waals surface area contributed by atoms with Crippen molar-refractivity contribution in [3.63, 3.8) is 0 Å². The van der Waals surface area contributed by atoms with Crippen molar-refractivity contribution in [1.82, 2.24) is 4.90 Å². The number of esters is 1. The summed E-state index contributed by atoms with van der Waals surface area (Å²) in [5.41, 5.74) is 0.592. The van der Waals surface area contributed by atoms with Crippen molar-refractivity contribution in [1.29, 1.82) is 0 Å². The van der Waals surface area contributed by atoms with E-state index in [0.717, 1.165) is 0 Å². The average Bonchev–Trinajstić information content (AvgIpc) is 2.54. The van der Waals surface area contributed by atoms with Crippen LogP contribution in [0.25, 0.3) is 0 Å². The lowest BCUT2D eigenvalue weighted by molar-refractivity contribution is -0.145. The van der Waals surface area contributed by atoms with E-state index in [1.54, 1.807) is 36.3 Å². The molecular formula is C15H19NO5. The summed E-state index contributed by atoms with van der Waals surface area (Å²) in [6.45, 7) is 1.33. The quantitative estimate of drug-likeness (QED) is 0.778. The third-order valence-corrected chi connectivity index (χ3v) is 3.38. The summed E-state index contributed by atoms with van der Waals surface area (Å²) in [6.07, 6.45) is -0.156. The van der Waals surface area contributed by atoms with Crippen LogP contribution in [-0.2, 0) is 14.3 Å². The highest BCUT2D eigenvalue weighted by molar-refractivity contribution is 5.94. The van der Waals surface area contributed by atoms with E-state index in [2.05, 4.69) is 4.74 Å². The van der Waals surface area contributed by atoms with E-state index >= 15 is 0 Å². The van der Waals surface area contributed by atoms with Crippen LogP contribution >= 0.6 is 0 Å². The Bertz CT molecular complexity index is 499. The fraction of sp³-hybridized carbons (Fsp3) is 0.467. The van der Waals surface area contributed by atoms with Crippen molar-refractivity contribution < 1.29 is 23.8 Å². The SMILES string of the molecule is COC(=O)CC1CN(C(=O)c2ccc(OC)cc2)CCO1. The van der Waals surface area contributed by atoms with Crippen molar-refractivity contribution in [2.75, 3.05) is 33.9 Å². The summed E-state index contributed by atoms with van der Waals surface area (Å²) in [7, 11) is 2.92. The van der Waals surface area contributed by atoms with Gasteiger partial charge in [0.15, 0.2) is 0 Å². The fourth-order valence-corrected chi connectivity index (χ4v) is 2.21. The molecule has 1 aromatic carbocycles. The standard InChI is InChI=1S/C15H19NO5/c1-19-12-5-3-11(4-6-12)15(18)16-7-8-21-13(10-16)9-14(17)20-2/h3-6,13H,7-10H2,1-2H3. The molecule has 0 aromatic heterocycles. The van der Waals surface area contributed by atoms with Crippen LogP contribution in [0.4, 0.5) is 0 Å². The molecule has 1 aliphatic heterocycles. The summed E-state index contributed by atoms with van der Waals surface area (Å²) in [5.74, 6) is 0.298. The van der Waals surface area contributed by atoms with E-state index in [-0.39, 0.29) is 24.4 Å². The van der Waals surface area contributed by atoms with Crippen molar-refractivity contribution in [2.45, 2.75) is 12.5 Å². The number of carbonyl (C=O) groups excluding carboxylic acids is 2. The molecule has 0 saturated carbocycles. The van der Waals surface area contributed by atoms with Gasteiger partial charge in [0.25, 0.3) is 5.91 Å². The molecule has 21 heavy (non-hydrogen) atoms. The maximum Gasteiger partial charge on any atom is 0.308 e. The Morgan fingerprint density at radius 1 is 1.29 bits per heavy atom. The van der Waals surface area contributed by atoms with Crippen LogP contribution in [0.1, 0.15) is 16.8 Å². The van der Waals surface area contributed by atoms with Gasteiger partial charge in [-0.2, -0.15) is 0 Å². The maximum absolute atomic E-state index is 12.4. The molecule has 1 amide bonds. The van der Waals surface area contributed by atoms with Crippen LogP contribution in [-0.4, -0.2) is 56.8 Å². The maximum atomic E-state index is 12.4. The highest BCUT2D eigenvalue weighted by Crippen LogP contribution is 2.16. The molecule has 0 bridgehead atoms. The Morgan fingerprint density at radius 2 is 2.00 bits per heavy atom. The monoisotopic (exact) mass is 293 g/mol. The van der Waals surface area contributed by atoms with Gasteiger partial charge in [0.1, 0.15) is 5.75 Å². The van der Waals surface area contributed by atoms with Crippen molar-refractivity contribution in [2.24, 2.45) is 0 Å². The van der Waals surface area contributed by atoms with Crippen LogP contribution in [0.5, 0.6) is 5.75 Å². The average molecular weight is 293 g/mol. The zero-order valence-electron chi connectivity index (χ0n) is 12.2. The first-order chi connectivity index (χ1) is 10.1. The topological polar surface area (TPSA) is 65.1 Å². The molecule has 0 aliphatic carbocycles. The highest BCUT2D eigenvalue weighted by Gasteiger charge is 2.26. The van der Waals surface area contributed by atoms with Crippen LogP contribution < -0.4 is 4.74 Å². The second-order valence-electron chi connectivity index (χ2n) is 4.75. The van der Waals surface area contributed by atoms with Crippen molar-refractivity contribution in [3.05, 3.63) is 29.8 Å². The van der Waals surface area contributed by atoms with Crippen LogP contribution in [0.15, 0.2) is 24.3 Å². The molecule has 0 spiro atoms. The molecule has 1 heterocycles. The molecule has 6 heteroatoms. The van der Waals surface area contributed by atoms with Gasteiger partial charge in [-0.05, 0) is 24.3 Å². The Hall–Kier alpha value is -2.08. The van der Waals surface area contributed by atoms with Gasteiger partial charge in [0, 0.05) is 18.7 Å². The zero-order chi connectivity index (χ0) is 15.2. The largest absolute Gasteiger partial charge is 0.497 e. The number of hydrogen-bond donors (Lipinski definition) is 0. The number of rotatable bonds is 4. The van der Waals surface area contributed by atoms with Gasteiger partial charge in [-0.1, -0.05) is 0 Å². The van der Waals surface area contributed by atoms with Gasteiger partial charge in [-0.25, -0.2) is 0 Å². The Morgan fingerprint density at radius 3 is 2.62 bits per heavy atom. The number of amides is 1.